The molecule has 0 aliphatic carbocycles. The molecule has 42 heavy (non-hydrogen) atoms. The number of rotatable bonds is 14. The van der Waals surface area contributed by atoms with E-state index in [4.69, 9.17) is 0 Å². The first-order valence-electron chi connectivity index (χ1n) is 17.2. The van der Waals surface area contributed by atoms with Crippen molar-refractivity contribution in [1.29, 1.82) is 0 Å². The van der Waals surface area contributed by atoms with Gasteiger partial charge in [0, 0.05) is 51.5 Å². The van der Waals surface area contributed by atoms with Crippen LogP contribution in [0.3, 0.4) is 0 Å². The van der Waals surface area contributed by atoms with E-state index in [2.05, 4.69) is 52.0 Å². The molecule has 2 heterocycles. The summed E-state index contributed by atoms with van der Waals surface area (Å²) in [4.78, 5) is 32.0. The Balaban J connectivity index is 1.38. The number of quaternary nitrogens is 2. The molecule has 1 aromatic rings. The summed E-state index contributed by atoms with van der Waals surface area (Å²) < 4.78 is 0. The van der Waals surface area contributed by atoms with Gasteiger partial charge in [-0.15, -0.1) is 0 Å². The van der Waals surface area contributed by atoms with E-state index < -0.39 is 0 Å². The van der Waals surface area contributed by atoms with Crippen molar-refractivity contribution < 1.29 is 19.4 Å². The highest BCUT2D eigenvalue weighted by Crippen LogP contribution is 2.28. The summed E-state index contributed by atoms with van der Waals surface area (Å²) >= 11 is 0. The Morgan fingerprint density at radius 1 is 0.738 bits per heavy atom. The fourth-order valence-electron chi connectivity index (χ4n) is 7.91. The molecule has 0 bridgehead atoms. The third-order valence-electron chi connectivity index (χ3n) is 10.7. The van der Waals surface area contributed by atoms with E-state index >= 15 is 0 Å². The van der Waals surface area contributed by atoms with Gasteiger partial charge in [-0.2, -0.15) is 0 Å². The van der Waals surface area contributed by atoms with Crippen LogP contribution in [0.1, 0.15) is 96.1 Å². The molecule has 0 radical (unpaired) electrons. The molecular formula is C36H64N4O2+2. The van der Waals surface area contributed by atoms with Gasteiger partial charge in [0.1, 0.15) is 6.54 Å². The Hall–Kier alpha value is -1.92. The van der Waals surface area contributed by atoms with Crippen LogP contribution >= 0.6 is 0 Å². The summed E-state index contributed by atoms with van der Waals surface area (Å²) in [7, 11) is 7.50. The van der Waals surface area contributed by atoms with E-state index in [0.717, 1.165) is 44.1 Å². The zero-order chi connectivity index (χ0) is 30.8. The lowest BCUT2D eigenvalue weighted by atomic mass is 9.78. The molecule has 6 nitrogen and oxygen atoms in total. The maximum absolute atomic E-state index is 12.5. The lowest BCUT2D eigenvalue weighted by Crippen LogP contribution is -3.14. The highest BCUT2D eigenvalue weighted by molar-refractivity contribution is 5.78. The number of carbonyl (C=O) groups excluding carboxylic acids is 2. The molecular weight excluding hydrogens is 520 g/mol. The second-order valence-electron chi connectivity index (χ2n) is 14.5. The van der Waals surface area contributed by atoms with Crippen molar-refractivity contribution in [3.05, 3.63) is 35.4 Å². The Labute approximate surface area is 258 Å². The van der Waals surface area contributed by atoms with Gasteiger partial charge in [-0.3, -0.25) is 9.59 Å². The van der Waals surface area contributed by atoms with Gasteiger partial charge in [0.2, 0.25) is 11.8 Å². The number of hydrogen-bond donors (Lipinski definition) is 2. The molecule has 238 valence electrons. The Morgan fingerprint density at radius 3 is 1.64 bits per heavy atom. The number of carbonyl (C=O) groups is 2. The summed E-state index contributed by atoms with van der Waals surface area (Å²) in [6.45, 7) is 16.5. The minimum absolute atomic E-state index is 0.108. The van der Waals surface area contributed by atoms with Gasteiger partial charge in [0.05, 0.1) is 32.7 Å². The predicted molar refractivity (Wildman–Crippen MR) is 174 cm³/mol. The van der Waals surface area contributed by atoms with Gasteiger partial charge in [0.25, 0.3) is 0 Å². The topological polar surface area (TPSA) is 49.5 Å². The molecule has 3 rings (SSSR count). The van der Waals surface area contributed by atoms with Crippen LogP contribution in [-0.2, 0) is 16.1 Å². The van der Waals surface area contributed by atoms with Gasteiger partial charge in [-0.05, 0) is 74.7 Å². The molecule has 2 amide bonds. The number of piperidine rings is 2. The number of likely N-dealkylation sites (tertiary alicyclic amines) is 2. The van der Waals surface area contributed by atoms with Crippen molar-refractivity contribution in [3.8, 4) is 0 Å². The van der Waals surface area contributed by atoms with Crippen LogP contribution in [0.25, 0.3) is 0 Å². The summed E-state index contributed by atoms with van der Waals surface area (Å²) in [5.41, 5.74) is 2.80. The van der Waals surface area contributed by atoms with Crippen molar-refractivity contribution in [3.63, 3.8) is 0 Å². The molecule has 2 aliphatic heterocycles. The van der Waals surface area contributed by atoms with E-state index in [-0.39, 0.29) is 17.7 Å². The van der Waals surface area contributed by atoms with Gasteiger partial charge < -0.3 is 19.6 Å². The molecule has 0 spiro atoms. The van der Waals surface area contributed by atoms with E-state index in [0.29, 0.717) is 17.7 Å². The lowest BCUT2D eigenvalue weighted by molar-refractivity contribution is -0.921. The average Bonchev–Trinajstić information content (AvgIpc) is 2.99. The normalized spacial score (nSPS) is 25.7. The van der Waals surface area contributed by atoms with Gasteiger partial charge in [0.15, 0.2) is 0 Å². The van der Waals surface area contributed by atoms with Crippen LogP contribution in [0.5, 0.6) is 0 Å². The molecule has 1 aromatic carbocycles. The fraction of sp³-hybridized carbons (Fsp3) is 0.778. The monoisotopic (exact) mass is 585 g/mol. The molecule has 0 saturated carbocycles. The first-order valence-corrected chi connectivity index (χ1v) is 17.2. The summed E-state index contributed by atoms with van der Waals surface area (Å²) in [6.07, 6.45) is 9.32. The molecule has 2 aliphatic rings. The lowest BCUT2D eigenvalue weighted by Gasteiger charge is -2.38. The minimum Gasteiger partial charge on any atom is -0.349 e. The predicted octanol–water partition coefficient (Wildman–Crippen LogP) is 3.53. The van der Waals surface area contributed by atoms with Crippen molar-refractivity contribution in [2.75, 3.05) is 60.9 Å². The van der Waals surface area contributed by atoms with Crippen LogP contribution in [-0.4, -0.2) is 82.5 Å². The van der Waals surface area contributed by atoms with Crippen molar-refractivity contribution in [2.45, 2.75) is 91.5 Å². The SMILES string of the molecule is CCC(CC(C)C[NH+]1CCC(C2CC[NH+](Cc3ccc(C(C)CC(CC)C(=O)N(C)C)cc3)CC2)CC1)C(=O)N(C)C. The van der Waals surface area contributed by atoms with E-state index in [1.54, 1.807) is 19.6 Å². The van der Waals surface area contributed by atoms with Crippen LogP contribution < -0.4 is 9.80 Å². The van der Waals surface area contributed by atoms with Gasteiger partial charge in [-0.1, -0.05) is 52.0 Å². The second-order valence-corrected chi connectivity index (χ2v) is 14.5. The van der Waals surface area contributed by atoms with E-state index in [1.807, 2.05) is 28.2 Å². The van der Waals surface area contributed by atoms with Crippen LogP contribution in [0.2, 0.25) is 0 Å². The summed E-state index contributed by atoms with van der Waals surface area (Å²) in [5, 5.41) is 0. The smallest absolute Gasteiger partial charge is 0.225 e. The number of amides is 2. The molecule has 2 fully saturated rings. The minimum atomic E-state index is 0.108. The second kappa shape index (κ2) is 16.8. The number of hydrogen-bond acceptors (Lipinski definition) is 2. The Kier molecular flexibility index (Phi) is 13.8. The molecule has 6 heteroatoms. The maximum atomic E-state index is 12.5. The van der Waals surface area contributed by atoms with E-state index in [1.165, 1.54) is 69.5 Å². The number of nitrogens with zero attached hydrogens (tertiary/aromatic N) is 2. The van der Waals surface area contributed by atoms with Crippen molar-refractivity contribution >= 4 is 11.8 Å². The zero-order valence-corrected chi connectivity index (χ0v) is 28.4. The standard InChI is InChI=1S/C36H62N4O2/c1-9-30(35(41)37(5)6)23-27(3)25-39-19-15-33(16-20-39)34-17-21-40(22-18-34)26-29-11-13-32(14-12-29)28(4)24-31(10-2)36(42)38(7)8/h11-14,27-28,30-31,33-34H,9-10,15-26H2,1-8H3/p+2. The summed E-state index contributed by atoms with van der Waals surface area (Å²) in [5.74, 6) is 3.67. The molecule has 2 saturated heterocycles. The fourth-order valence-corrected chi connectivity index (χ4v) is 7.91. The van der Waals surface area contributed by atoms with Crippen molar-refractivity contribution in [2.24, 2.45) is 29.6 Å². The van der Waals surface area contributed by atoms with Crippen LogP contribution in [0.4, 0.5) is 0 Å². The van der Waals surface area contributed by atoms with Crippen LogP contribution in [0.15, 0.2) is 24.3 Å². The highest BCUT2D eigenvalue weighted by atomic mass is 16.2. The van der Waals surface area contributed by atoms with Crippen molar-refractivity contribution in [1.82, 2.24) is 9.80 Å². The maximum Gasteiger partial charge on any atom is 0.225 e. The molecule has 4 atom stereocenters. The Morgan fingerprint density at radius 2 is 1.19 bits per heavy atom. The average molecular weight is 585 g/mol. The first kappa shape index (κ1) is 34.6. The largest absolute Gasteiger partial charge is 0.349 e. The third kappa shape index (κ3) is 10.1. The third-order valence-corrected chi connectivity index (χ3v) is 10.7. The zero-order valence-electron chi connectivity index (χ0n) is 28.4. The van der Waals surface area contributed by atoms with Gasteiger partial charge >= 0.3 is 0 Å². The highest BCUT2D eigenvalue weighted by Gasteiger charge is 2.33. The summed E-state index contributed by atoms with van der Waals surface area (Å²) in [6, 6.07) is 9.27. The molecule has 4 unspecified atom stereocenters. The van der Waals surface area contributed by atoms with Crippen LogP contribution in [0, 0.1) is 29.6 Å². The number of nitrogens with one attached hydrogen (secondary N) is 2. The molecule has 2 N–H and O–H groups in total. The Bertz CT molecular complexity index is 946. The quantitative estimate of drug-likeness (QED) is 0.352. The number of benzene rings is 1. The van der Waals surface area contributed by atoms with Gasteiger partial charge in [-0.25, -0.2) is 0 Å². The first-order chi connectivity index (χ1) is 20.0. The van der Waals surface area contributed by atoms with E-state index in [9.17, 15) is 9.59 Å². The molecule has 0 aromatic heterocycles.